The average molecular weight is 726 g/mol. The topological polar surface area (TPSA) is 14.8 Å². The van der Waals surface area contributed by atoms with E-state index in [-0.39, 0.29) is 0 Å². The first-order valence-corrected chi connectivity index (χ1v) is 19.6. The van der Waals surface area contributed by atoms with Crippen molar-refractivity contribution in [2.75, 3.05) is 0 Å². The van der Waals surface area contributed by atoms with Gasteiger partial charge in [-0.3, -0.25) is 0 Å². The number of aromatic nitrogens is 3. The Kier molecular flexibility index (Phi) is 6.93. The molecule has 57 heavy (non-hydrogen) atoms. The van der Waals surface area contributed by atoms with Crippen molar-refractivity contribution in [1.29, 1.82) is 0 Å². The van der Waals surface area contributed by atoms with Crippen LogP contribution in [0.15, 0.2) is 212 Å². The smallest absolute Gasteiger partial charge is 0.0562 e. The average Bonchev–Trinajstić information content (AvgIpc) is 3.92. The number of benzene rings is 9. The van der Waals surface area contributed by atoms with E-state index in [0.717, 1.165) is 11.4 Å². The van der Waals surface area contributed by atoms with Gasteiger partial charge in [0, 0.05) is 43.7 Å². The van der Waals surface area contributed by atoms with Gasteiger partial charge < -0.3 is 13.7 Å². The number of para-hydroxylation sites is 4. The van der Waals surface area contributed by atoms with Crippen molar-refractivity contribution in [1.82, 2.24) is 13.7 Å². The number of rotatable bonds is 5. The molecular formula is C54H35N3. The van der Waals surface area contributed by atoms with Gasteiger partial charge in [-0.15, -0.1) is 0 Å². The molecule has 266 valence electrons. The molecule has 3 nitrogen and oxygen atoms in total. The van der Waals surface area contributed by atoms with Crippen molar-refractivity contribution in [3.63, 3.8) is 0 Å². The molecule has 0 saturated carbocycles. The molecule has 0 aliphatic rings. The molecule has 0 N–H and O–H groups in total. The second-order valence-electron chi connectivity index (χ2n) is 14.9. The van der Waals surface area contributed by atoms with E-state index in [1.807, 2.05) is 0 Å². The van der Waals surface area contributed by atoms with Gasteiger partial charge in [-0.25, -0.2) is 0 Å². The van der Waals surface area contributed by atoms with Crippen LogP contribution in [0.2, 0.25) is 0 Å². The Morgan fingerprint density at radius 2 is 0.667 bits per heavy atom. The lowest BCUT2D eigenvalue weighted by Gasteiger charge is -2.13. The van der Waals surface area contributed by atoms with Gasteiger partial charge in [0.25, 0.3) is 0 Å². The largest absolute Gasteiger partial charge is 0.309 e. The number of nitrogens with zero attached hydrogens (tertiary/aromatic N) is 3. The van der Waals surface area contributed by atoms with Crippen LogP contribution in [-0.4, -0.2) is 13.7 Å². The monoisotopic (exact) mass is 725 g/mol. The minimum Gasteiger partial charge on any atom is -0.309 e. The Labute approximate surface area is 329 Å². The highest BCUT2D eigenvalue weighted by Crippen LogP contribution is 2.41. The van der Waals surface area contributed by atoms with Gasteiger partial charge in [0.2, 0.25) is 0 Å². The third-order valence-corrected chi connectivity index (χ3v) is 11.8. The molecule has 0 aliphatic carbocycles. The van der Waals surface area contributed by atoms with E-state index in [1.165, 1.54) is 93.4 Å². The number of hydrogen-bond donors (Lipinski definition) is 0. The summed E-state index contributed by atoms with van der Waals surface area (Å²) in [6.07, 6.45) is 0. The SMILES string of the molecule is c1ccc(-c2ccc(-c3cccc(-n4c5ccccc5c5ccc(-n6c7ccccc7c7c(-n8c9ccccc9c9ccccc98)cccc76)cc54)c3)cc2)cc1. The highest BCUT2D eigenvalue weighted by molar-refractivity contribution is 6.17. The first-order chi connectivity index (χ1) is 28.3. The third kappa shape index (κ3) is 4.79. The molecule has 0 fully saturated rings. The quantitative estimate of drug-likeness (QED) is 0.168. The zero-order valence-corrected chi connectivity index (χ0v) is 31.0. The van der Waals surface area contributed by atoms with E-state index in [2.05, 4.69) is 226 Å². The summed E-state index contributed by atoms with van der Waals surface area (Å²) < 4.78 is 7.34. The van der Waals surface area contributed by atoms with E-state index in [4.69, 9.17) is 0 Å². The lowest BCUT2D eigenvalue weighted by molar-refractivity contribution is 1.15. The molecule has 0 amide bonds. The summed E-state index contributed by atoms with van der Waals surface area (Å²) in [5.41, 5.74) is 15.4. The van der Waals surface area contributed by atoms with Gasteiger partial charge in [0.15, 0.2) is 0 Å². The fraction of sp³-hybridized carbons (Fsp3) is 0. The first-order valence-electron chi connectivity index (χ1n) is 19.6. The van der Waals surface area contributed by atoms with E-state index in [1.54, 1.807) is 0 Å². The minimum atomic E-state index is 1.13. The maximum atomic E-state index is 2.45. The maximum Gasteiger partial charge on any atom is 0.0562 e. The summed E-state index contributed by atoms with van der Waals surface area (Å²) in [6.45, 7) is 0. The molecule has 3 aromatic heterocycles. The van der Waals surface area contributed by atoms with Gasteiger partial charge in [0.05, 0.1) is 38.8 Å². The van der Waals surface area contributed by atoms with Gasteiger partial charge in [-0.05, 0) is 82.9 Å². The molecule has 12 rings (SSSR count). The summed E-state index contributed by atoms with van der Waals surface area (Å²) >= 11 is 0. The van der Waals surface area contributed by atoms with Crippen molar-refractivity contribution in [2.24, 2.45) is 0 Å². The molecule has 3 heterocycles. The highest BCUT2D eigenvalue weighted by Gasteiger charge is 2.21. The fourth-order valence-corrected chi connectivity index (χ4v) is 9.33. The normalized spacial score (nSPS) is 11.9. The van der Waals surface area contributed by atoms with E-state index in [0.29, 0.717) is 0 Å². The van der Waals surface area contributed by atoms with Crippen LogP contribution in [0, 0.1) is 0 Å². The first kappa shape index (κ1) is 31.7. The van der Waals surface area contributed by atoms with Gasteiger partial charge in [0.1, 0.15) is 0 Å². The Balaban J connectivity index is 1.07. The third-order valence-electron chi connectivity index (χ3n) is 11.8. The Bertz CT molecular complexity index is 3450. The standard InChI is InChI=1S/C54H35N3/c1-2-14-36(15-3-1)37-28-30-38(31-29-37)39-16-12-17-40(34-39)56-47-22-8-4-20-44(47)45-33-32-41(35-53(45)56)55-50-25-11-7-21-46(50)54-51(55)26-13-27-52(54)57-48-23-9-5-18-42(48)43-19-6-10-24-49(43)57/h1-35H. The molecule has 9 aromatic carbocycles. The van der Waals surface area contributed by atoms with Crippen molar-refractivity contribution in [3.05, 3.63) is 212 Å². The molecule has 3 heteroatoms. The van der Waals surface area contributed by atoms with Crippen LogP contribution in [0.3, 0.4) is 0 Å². The van der Waals surface area contributed by atoms with Crippen LogP contribution in [0.5, 0.6) is 0 Å². The lowest BCUT2D eigenvalue weighted by atomic mass is 10.00. The van der Waals surface area contributed by atoms with Crippen LogP contribution < -0.4 is 0 Å². The Morgan fingerprint density at radius 1 is 0.228 bits per heavy atom. The fourth-order valence-electron chi connectivity index (χ4n) is 9.33. The Hall–Kier alpha value is -7.62. The summed E-state index contributed by atoms with van der Waals surface area (Å²) in [5, 5.41) is 7.48. The molecule has 0 bridgehead atoms. The van der Waals surface area contributed by atoms with E-state index in [9.17, 15) is 0 Å². The molecule has 12 aromatic rings. The van der Waals surface area contributed by atoms with Crippen molar-refractivity contribution < 1.29 is 0 Å². The molecular weight excluding hydrogens is 691 g/mol. The van der Waals surface area contributed by atoms with Crippen LogP contribution in [0.25, 0.3) is 105 Å². The summed E-state index contributed by atoms with van der Waals surface area (Å²) in [7, 11) is 0. The van der Waals surface area contributed by atoms with E-state index < -0.39 is 0 Å². The lowest BCUT2D eigenvalue weighted by Crippen LogP contribution is -1.98. The highest BCUT2D eigenvalue weighted by atomic mass is 15.0. The predicted octanol–water partition coefficient (Wildman–Crippen LogP) is 14.3. The number of fused-ring (bicyclic) bond motifs is 9. The maximum absolute atomic E-state index is 2.45. The van der Waals surface area contributed by atoms with Gasteiger partial charge >= 0.3 is 0 Å². The molecule has 0 unspecified atom stereocenters. The summed E-state index contributed by atoms with van der Waals surface area (Å²) in [4.78, 5) is 0. The minimum absolute atomic E-state index is 1.13. The van der Waals surface area contributed by atoms with Crippen LogP contribution in [0.4, 0.5) is 0 Å². The molecule has 0 radical (unpaired) electrons. The zero-order chi connectivity index (χ0) is 37.5. The van der Waals surface area contributed by atoms with Crippen molar-refractivity contribution >= 4 is 65.4 Å². The van der Waals surface area contributed by atoms with Crippen LogP contribution >= 0.6 is 0 Å². The van der Waals surface area contributed by atoms with Crippen LogP contribution in [0.1, 0.15) is 0 Å². The van der Waals surface area contributed by atoms with Gasteiger partial charge in [-0.1, -0.05) is 152 Å². The van der Waals surface area contributed by atoms with E-state index >= 15 is 0 Å². The summed E-state index contributed by atoms with van der Waals surface area (Å²) in [5.74, 6) is 0. The number of hydrogen-bond acceptors (Lipinski definition) is 0. The second-order valence-corrected chi connectivity index (χ2v) is 14.9. The van der Waals surface area contributed by atoms with Gasteiger partial charge in [-0.2, -0.15) is 0 Å². The zero-order valence-electron chi connectivity index (χ0n) is 31.0. The molecule has 0 spiro atoms. The summed E-state index contributed by atoms with van der Waals surface area (Å²) in [6, 6.07) is 77.4. The molecule has 0 atom stereocenters. The molecule has 0 saturated heterocycles. The predicted molar refractivity (Wildman–Crippen MR) is 240 cm³/mol. The second kappa shape index (κ2) is 12.5. The van der Waals surface area contributed by atoms with Crippen molar-refractivity contribution in [2.45, 2.75) is 0 Å². The Morgan fingerprint density at radius 3 is 1.33 bits per heavy atom. The molecule has 0 aliphatic heterocycles. The van der Waals surface area contributed by atoms with Crippen molar-refractivity contribution in [3.8, 4) is 39.3 Å². The van der Waals surface area contributed by atoms with Crippen LogP contribution in [-0.2, 0) is 0 Å².